The molecule has 2 rings (SSSR count). The lowest BCUT2D eigenvalue weighted by Crippen LogP contribution is -2.29. The first-order chi connectivity index (χ1) is 11.0. The van der Waals surface area contributed by atoms with Gasteiger partial charge < -0.3 is 14.5 Å². The summed E-state index contributed by atoms with van der Waals surface area (Å²) in [6, 6.07) is 7.34. The Morgan fingerprint density at radius 1 is 1.22 bits per heavy atom. The topological polar surface area (TPSA) is 68.5 Å². The molecular formula is C15H13F2NO4S. The highest BCUT2D eigenvalue weighted by Gasteiger charge is 2.19. The summed E-state index contributed by atoms with van der Waals surface area (Å²) in [6.45, 7) is 1.42. The van der Waals surface area contributed by atoms with Gasteiger partial charge in [0.1, 0.15) is 6.26 Å². The molecule has 8 heteroatoms. The summed E-state index contributed by atoms with van der Waals surface area (Å²) in [5.41, 5.74) is 0.623. The molecule has 23 heavy (non-hydrogen) atoms. The zero-order valence-electron chi connectivity index (χ0n) is 12.0. The first kappa shape index (κ1) is 17.0. The van der Waals surface area contributed by atoms with Crippen LogP contribution in [0.15, 0.2) is 52.2 Å². The minimum atomic E-state index is -2.50. The summed E-state index contributed by atoms with van der Waals surface area (Å²) < 4.78 is 34.2. The number of esters is 1. The molecule has 1 N–H and O–H groups in total. The summed E-state index contributed by atoms with van der Waals surface area (Å²) >= 11 is 0.415. The van der Waals surface area contributed by atoms with Gasteiger partial charge in [0.2, 0.25) is 0 Å². The number of benzene rings is 1. The number of ether oxygens (including phenoxy) is 1. The Labute approximate surface area is 135 Å². The third-order valence-corrected chi connectivity index (χ3v) is 3.48. The summed E-state index contributed by atoms with van der Waals surface area (Å²) in [6.07, 6.45) is 1.51. The fourth-order valence-electron chi connectivity index (χ4n) is 1.63. The molecule has 122 valence electrons. The molecule has 0 aliphatic heterocycles. The summed E-state index contributed by atoms with van der Waals surface area (Å²) in [5, 5.41) is 2.54. The van der Waals surface area contributed by atoms with Crippen LogP contribution < -0.4 is 5.32 Å². The molecule has 1 atom stereocenters. The van der Waals surface area contributed by atoms with Gasteiger partial charge in [-0.15, -0.1) is 0 Å². The molecule has 0 saturated carbocycles. The minimum Gasteiger partial charge on any atom is -0.472 e. The molecule has 1 aromatic carbocycles. The smallest absolute Gasteiger partial charge is 0.342 e. The standard InChI is InChI=1S/C15H13F2NO4S/c1-9(22-14(20)10-6-7-21-8-10)13(19)18-11-2-4-12(5-3-11)23-15(16)17/h2-9,15H,1H3,(H,18,19). The average Bonchev–Trinajstić information content (AvgIpc) is 3.03. The third kappa shape index (κ3) is 5.10. The third-order valence-electron chi connectivity index (χ3n) is 2.76. The average molecular weight is 341 g/mol. The Morgan fingerprint density at radius 3 is 2.48 bits per heavy atom. The van der Waals surface area contributed by atoms with Crippen LogP contribution in [0.3, 0.4) is 0 Å². The van der Waals surface area contributed by atoms with Crippen LogP contribution >= 0.6 is 11.8 Å². The molecule has 1 heterocycles. The van der Waals surface area contributed by atoms with Gasteiger partial charge in [-0.05, 0) is 37.3 Å². The van der Waals surface area contributed by atoms with Gasteiger partial charge in [0.15, 0.2) is 6.10 Å². The molecule has 0 radical (unpaired) electrons. The van der Waals surface area contributed by atoms with E-state index in [2.05, 4.69) is 5.32 Å². The van der Waals surface area contributed by atoms with Crippen LogP contribution in [0.25, 0.3) is 0 Å². The number of carbonyl (C=O) groups excluding carboxylic acids is 2. The van der Waals surface area contributed by atoms with Crippen LogP contribution in [0.5, 0.6) is 0 Å². The zero-order chi connectivity index (χ0) is 16.8. The van der Waals surface area contributed by atoms with E-state index in [1.165, 1.54) is 49.8 Å². The van der Waals surface area contributed by atoms with Crippen molar-refractivity contribution in [2.75, 3.05) is 5.32 Å². The number of amides is 1. The van der Waals surface area contributed by atoms with Gasteiger partial charge in [0, 0.05) is 10.6 Å². The number of alkyl halides is 2. The van der Waals surface area contributed by atoms with E-state index in [9.17, 15) is 18.4 Å². The highest BCUT2D eigenvalue weighted by Crippen LogP contribution is 2.26. The van der Waals surface area contributed by atoms with Crippen molar-refractivity contribution in [3.63, 3.8) is 0 Å². The number of anilines is 1. The van der Waals surface area contributed by atoms with E-state index in [4.69, 9.17) is 9.15 Å². The van der Waals surface area contributed by atoms with Crippen LogP contribution in [0.4, 0.5) is 14.5 Å². The highest BCUT2D eigenvalue weighted by molar-refractivity contribution is 7.99. The van der Waals surface area contributed by atoms with Crippen molar-refractivity contribution in [1.29, 1.82) is 0 Å². The lowest BCUT2D eigenvalue weighted by molar-refractivity contribution is -0.123. The molecule has 1 amide bonds. The molecule has 0 aliphatic carbocycles. The van der Waals surface area contributed by atoms with Crippen LogP contribution in [-0.4, -0.2) is 23.7 Å². The number of rotatable bonds is 6. The largest absolute Gasteiger partial charge is 0.472 e. The second-order valence-electron chi connectivity index (χ2n) is 4.45. The van der Waals surface area contributed by atoms with Gasteiger partial charge in [-0.2, -0.15) is 8.78 Å². The molecule has 1 unspecified atom stereocenters. The first-order valence-corrected chi connectivity index (χ1v) is 7.42. The van der Waals surface area contributed by atoms with Gasteiger partial charge in [-0.3, -0.25) is 4.79 Å². The molecule has 1 aromatic heterocycles. The Kier molecular flexibility index (Phi) is 5.75. The Balaban J connectivity index is 1.89. The molecule has 2 aromatic rings. The van der Waals surface area contributed by atoms with Crippen LogP contribution in [0.2, 0.25) is 0 Å². The number of carbonyl (C=O) groups is 2. The SMILES string of the molecule is CC(OC(=O)c1ccoc1)C(=O)Nc1ccc(SC(F)F)cc1. The number of halogens is 2. The maximum Gasteiger partial charge on any atom is 0.342 e. The van der Waals surface area contributed by atoms with E-state index in [1.807, 2.05) is 0 Å². The Morgan fingerprint density at radius 2 is 1.91 bits per heavy atom. The van der Waals surface area contributed by atoms with Crippen molar-refractivity contribution in [2.24, 2.45) is 0 Å². The molecular weight excluding hydrogens is 328 g/mol. The van der Waals surface area contributed by atoms with E-state index >= 15 is 0 Å². The number of hydrogen-bond acceptors (Lipinski definition) is 5. The summed E-state index contributed by atoms with van der Waals surface area (Å²) in [4.78, 5) is 24.0. The van der Waals surface area contributed by atoms with E-state index in [0.29, 0.717) is 22.3 Å². The van der Waals surface area contributed by atoms with Crippen LogP contribution in [-0.2, 0) is 9.53 Å². The number of thioether (sulfide) groups is 1. The van der Waals surface area contributed by atoms with Crippen molar-refractivity contribution in [1.82, 2.24) is 0 Å². The second kappa shape index (κ2) is 7.77. The van der Waals surface area contributed by atoms with Crippen LogP contribution in [0, 0.1) is 0 Å². The first-order valence-electron chi connectivity index (χ1n) is 6.54. The van der Waals surface area contributed by atoms with E-state index in [1.54, 1.807) is 0 Å². The monoisotopic (exact) mass is 341 g/mol. The zero-order valence-corrected chi connectivity index (χ0v) is 12.8. The van der Waals surface area contributed by atoms with Gasteiger partial charge in [-0.25, -0.2) is 4.79 Å². The molecule has 0 bridgehead atoms. The minimum absolute atomic E-state index is 0.207. The molecule has 0 saturated heterocycles. The normalized spacial score (nSPS) is 12.0. The molecule has 0 aliphatic rings. The number of hydrogen-bond donors (Lipinski definition) is 1. The summed E-state index contributed by atoms with van der Waals surface area (Å²) in [5.74, 6) is -3.71. The van der Waals surface area contributed by atoms with Gasteiger partial charge in [0.25, 0.3) is 11.7 Å². The predicted octanol–water partition coefficient (Wildman–Crippen LogP) is 3.78. The highest BCUT2D eigenvalue weighted by atomic mass is 32.2. The molecule has 5 nitrogen and oxygen atoms in total. The van der Waals surface area contributed by atoms with E-state index in [-0.39, 0.29) is 5.56 Å². The number of nitrogens with one attached hydrogen (secondary N) is 1. The fraction of sp³-hybridized carbons (Fsp3) is 0.200. The molecule has 0 fully saturated rings. The summed E-state index contributed by atoms with van der Waals surface area (Å²) in [7, 11) is 0. The van der Waals surface area contributed by atoms with Crippen molar-refractivity contribution in [2.45, 2.75) is 23.7 Å². The lowest BCUT2D eigenvalue weighted by atomic mass is 10.3. The lowest BCUT2D eigenvalue weighted by Gasteiger charge is -2.13. The number of furan rings is 1. The fourth-order valence-corrected chi connectivity index (χ4v) is 2.13. The van der Waals surface area contributed by atoms with Crippen molar-refractivity contribution in [3.05, 3.63) is 48.4 Å². The van der Waals surface area contributed by atoms with E-state index in [0.717, 1.165) is 0 Å². The molecule has 0 spiro atoms. The maximum absolute atomic E-state index is 12.2. The van der Waals surface area contributed by atoms with Crippen molar-refractivity contribution < 1.29 is 27.5 Å². The van der Waals surface area contributed by atoms with Gasteiger partial charge in [0.05, 0.1) is 11.8 Å². The van der Waals surface area contributed by atoms with Crippen molar-refractivity contribution >= 4 is 29.3 Å². The van der Waals surface area contributed by atoms with Gasteiger partial charge >= 0.3 is 5.97 Å². The predicted molar refractivity (Wildman–Crippen MR) is 80.5 cm³/mol. The van der Waals surface area contributed by atoms with E-state index < -0.39 is 23.7 Å². The second-order valence-corrected chi connectivity index (χ2v) is 5.52. The van der Waals surface area contributed by atoms with Crippen molar-refractivity contribution in [3.8, 4) is 0 Å². The van der Waals surface area contributed by atoms with Gasteiger partial charge in [-0.1, -0.05) is 11.8 Å². The van der Waals surface area contributed by atoms with Crippen LogP contribution in [0.1, 0.15) is 17.3 Å². The Hall–Kier alpha value is -2.35. The Bertz CT molecular complexity index is 659. The quantitative estimate of drug-likeness (QED) is 0.640. The maximum atomic E-state index is 12.2.